The molecule has 29 atom stereocenters. The molecular weight excluding hydrogens is 1030 g/mol. The Bertz CT molecular complexity index is 2170. The zero-order valence-corrected chi connectivity index (χ0v) is 45.3. The molecule has 0 aromatic rings. The number of ether oxygens (including phenoxy) is 8. The largest absolute Gasteiger partial charge is 0.432 e. The summed E-state index contributed by atoms with van der Waals surface area (Å²) in [6.07, 6.45) is -28.4. The number of carbonyl (C=O) groups excluding carboxylic acids is 2. The summed E-state index contributed by atoms with van der Waals surface area (Å²) >= 11 is 0. The van der Waals surface area contributed by atoms with Crippen molar-refractivity contribution in [3.05, 3.63) is 11.6 Å². The maximum Gasteiger partial charge on any atom is 0.315 e. The molecule has 4 aliphatic heterocycles. The highest BCUT2D eigenvalue weighted by Gasteiger charge is 2.70. The Hall–Kier alpha value is -1.96. The van der Waals surface area contributed by atoms with Crippen molar-refractivity contribution >= 4 is 12.3 Å². The second-order valence-electron chi connectivity index (χ2n) is 26.0. The lowest BCUT2D eigenvalue weighted by Gasteiger charge is -2.71. The summed E-state index contributed by atoms with van der Waals surface area (Å²) in [6, 6.07) is 0. The maximum atomic E-state index is 15.5. The van der Waals surface area contributed by atoms with Crippen LogP contribution < -0.4 is 0 Å². The Balaban J connectivity index is 1.03. The molecule has 14 N–H and O–H groups in total. The van der Waals surface area contributed by atoms with Gasteiger partial charge in [0.1, 0.15) is 104 Å². The van der Waals surface area contributed by atoms with E-state index < -0.39 is 178 Å². The Morgan fingerprint density at radius 2 is 1.13 bits per heavy atom. The van der Waals surface area contributed by atoms with E-state index in [0.717, 1.165) is 31.1 Å². The molecule has 5 aliphatic carbocycles. The van der Waals surface area contributed by atoms with Crippen molar-refractivity contribution in [3.63, 3.8) is 0 Å². The van der Waals surface area contributed by atoms with E-state index >= 15 is 4.79 Å². The number of esters is 1. The van der Waals surface area contributed by atoms with E-state index in [1.54, 1.807) is 0 Å². The molecule has 8 fully saturated rings. The minimum absolute atomic E-state index is 0.0212. The fraction of sp³-hybridized carbons (Fsp3) is 0.926. The first kappa shape index (κ1) is 60.6. The number of aldehydes is 1. The van der Waals surface area contributed by atoms with E-state index in [-0.39, 0.29) is 34.0 Å². The van der Waals surface area contributed by atoms with Gasteiger partial charge in [-0.1, -0.05) is 53.2 Å². The molecule has 446 valence electrons. The molecule has 4 saturated carbocycles. The Labute approximate surface area is 453 Å². The van der Waals surface area contributed by atoms with Gasteiger partial charge in [-0.2, -0.15) is 0 Å². The molecule has 24 nitrogen and oxygen atoms in total. The molecule has 0 amide bonds. The van der Waals surface area contributed by atoms with Gasteiger partial charge in [-0.05, 0) is 104 Å². The molecule has 4 heterocycles. The molecule has 0 aromatic heterocycles. The third kappa shape index (κ3) is 9.77. The lowest BCUT2D eigenvalue weighted by Crippen LogP contribution is -2.67. The predicted octanol–water partition coefficient (Wildman–Crippen LogP) is -2.86. The lowest BCUT2D eigenvalue weighted by atomic mass is 9.33. The van der Waals surface area contributed by atoms with Crippen LogP contribution in [0.4, 0.5) is 0 Å². The highest BCUT2D eigenvalue weighted by molar-refractivity contribution is 5.79. The van der Waals surface area contributed by atoms with Crippen LogP contribution >= 0.6 is 0 Å². The van der Waals surface area contributed by atoms with Gasteiger partial charge < -0.3 is 114 Å². The number of carbonyl (C=O) groups is 2. The van der Waals surface area contributed by atoms with Gasteiger partial charge in [0.15, 0.2) is 18.9 Å². The van der Waals surface area contributed by atoms with E-state index in [4.69, 9.17) is 37.9 Å². The van der Waals surface area contributed by atoms with E-state index in [1.807, 2.05) is 6.92 Å². The molecular formula is C54H86O24. The van der Waals surface area contributed by atoms with Crippen LogP contribution in [0.3, 0.4) is 0 Å². The van der Waals surface area contributed by atoms with Crippen LogP contribution in [0.5, 0.6) is 0 Å². The molecule has 4 saturated heterocycles. The Morgan fingerprint density at radius 1 is 0.577 bits per heavy atom. The van der Waals surface area contributed by atoms with Crippen LogP contribution in [0, 0.1) is 50.2 Å². The Morgan fingerprint density at radius 3 is 1.74 bits per heavy atom. The molecule has 9 rings (SSSR count). The maximum absolute atomic E-state index is 15.5. The zero-order valence-electron chi connectivity index (χ0n) is 45.3. The zero-order chi connectivity index (χ0) is 57.0. The van der Waals surface area contributed by atoms with Crippen LogP contribution in [0.1, 0.15) is 106 Å². The van der Waals surface area contributed by atoms with E-state index in [9.17, 15) is 76.3 Å². The van der Waals surface area contributed by atoms with Gasteiger partial charge in [-0.3, -0.25) is 4.79 Å². The smallest absolute Gasteiger partial charge is 0.315 e. The third-order valence-corrected chi connectivity index (χ3v) is 21.4. The summed E-state index contributed by atoms with van der Waals surface area (Å²) in [7, 11) is 0. The number of aliphatic hydroxyl groups excluding tert-OH is 14. The molecule has 0 spiro atoms. The molecule has 0 radical (unpaired) electrons. The van der Waals surface area contributed by atoms with Crippen molar-refractivity contribution in [1.82, 2.24) is 0 Å². The molecule has 0 aromatic carbocycles. The topological polar surface area (TPSA) is 391 Å². The predicted molar refractivity (Wildman–Crippen MR) is 263 cm³/mol. The molecule has 24 heteroatoms. The number of hydrogen-bond acceptors (Lipinski definition) is 24. The monoisotopic (exact) mass is 1120 g/mol. The minimum atomic E-state index is -2.11. The summed E-state index contributed by atoms with van der Waals surface area (Å²) in [4.78, 5) is 28.3. The molecule has 0 bridgehead atoms. The van der Waals surface area contributed by atoms with Gasteiger partial charge in [0.05, 0.1) is 43.4 Å². The van der Waals surface area contributed by atoms with Gasteiger partial charge in [-0.25, -0.2) is 0 Å². The van der Waals surface area contributed by atoms with Gasteiger partial charge in [-0.15, -0.1) is 0 Å². The highest BCUT2D eigenvalue weighted by atomic mass is 16.8. The highest BCUT2D eigenvalue weighted by Crippen LogP contribution is 2.76. The van der Waals surface area contributed by atoms with E-state index in [2.05, 4.69) is 40.7 Å². The van der Waals surface area contributed by atoms with Gasteiger partial charge in [0, 0.05) is 0 Å². The number of aliphatic hydroxyl groups is 14. The Kier molecular flexibility index (Phi) is 17.3. The van der Waals surface area contributed by atoms with Gasteiger partial charge in [0.25, 0.3) is 0 Å². The summed E-state index contributed by atoms with van der Waals surface area (Å²) in [6.45, 7) is 9.85. The first-order valence-electron chi connectivity index (χ1n) is 27.9. The normalized spacial score (nSPS) is 54.1. The second kappa shape index (κ2) is 22.2. The van der Waals surface area contributed by atoms with Crippen molar-refractivity contribution in [3.8, 4) is 0 Å². The van der Waals surface area contributed by atoms with Crippen molar-refractivity contribution in [2.45, 2.75) is 235 Å². The van der Waals surface area contributed by atoms with Crippen LogP contribution in [0.15, 0.2) is 11.6 Å². The second-order valence-corrected chi connectivity index (χ2v) is 26.0. The first-order chi connectivity index (χ1) is 36.6. The summed E-state index contributed by atoms with van der Waals surface area (Å²) < 4.78 is 47.3. The van der Waals surface area contributed by atoms with Gasteiger partial charge in [0.2, 0.25) is 6.29 Å². The fourth-order valence-corrected chi connectivity index (χ4v) is 16.2. The molecule has 29 unspecified atom stereocenters. The lowest BCUT2D eigenvalue weighted by molar-refractivity contribution is -0.389. The number of rotatable bonds is 13. The van der Waals surface area contributed by atoms with Crippen molar-refractivity contribution < 1.29 is 119 Å². The minimum Gasteiger partial charge on any atom is -0.432 e. The summed E-state index contributed by atoms with van der Waals surface area (Å²) in [5, 5.41) is 152. The van der Waals surface area contributed by atoms with Crippen LogP contribution in [0.2, 0.25) is 0 Å². The van der Waals surface area contributed by atoms with Crippen LogP contribution in [-0.2, 0) is 47.5 Å². The van der Waals surface area contributed by atoms with Crippen LogP contribution in [-0.4, -0.2) is 239 Å². The number of hydrogen-bond donors (Lipinski definition) is 14. The van der Waals surface area contributed by atoms with Gasteiger partial charge >= 0.3 is 5.97 Å². The summed E-state index contributed by atoms with van der Waals surface area (Å²) in [5.41, 5.74) is -2.00. The quantitative estimate of drug-likeness (QED) is 0.0501. The first-order valence-corrected chi connectivity index (χ1v) is 27.9. The van der Waals surface area contributed by atoms with E-state index in [0.29, 0.717) is 44.9 Å². The van der Waals surface area contributed by atoms with E-state index in [1.165, 1.54) is 0 Å². The van der Waals surface area contributed by atoms with Crippen molar-refractivity contribution in [2.24, 2.45) is 50.2 Å². The standard InChI is InChI=1S/C54H86O24/c1-49(2)13-15-54(16-14-52(5)23(24(54)17-49)7-8-30-50(3)11-10-31(59)51(4,22-58)29(50)9-12-53(30,52)6)48(70)78-46-41(69)42(35(63)28(75-46)21-71-44-39(67)36(64)32(60)25(18-55)72-44)76-47-43(38(66)34(62)27(20-57)74-47)77-45-40(68)37(65)33(61)26(19-56)73-45/h7,22,24-47,55-57,59-69H,8-21H2,1-6H3. The molecule has 78 heavy (non-hydrogen) atoms. The SMILES string of the molecule is CC1(C)CCC2(C(=O)OC3OC(COC4OC(CO)C(O)C(O)C4O)C(O)C(OC4OC(CO)C(O)C(O)C4OC4OC(CO)C(O)C(O)C4O)C3O)CCC3(C)C(=CCC4C5(C)CCC(O)C(C)(C=O)C5CCC43C)C2C1. The fourth-order valence-electron chi connectivity index (χ4n) is 16.2. The van der Waals surface area contributed by atoms with Crippen LogP contribution in [0.25, 0.3) is 0 Å². The van der Waals surface area contributed by atoms with Crippen molar-refractivity contribution in [2.75, 3.05) is 26.4 Å². The number of fused-ring (bicyclic) bond motifs is 7. The number of allylic oxidation sites excluding steroid dienone is 2. The average molecular weight is 1120 g/mol. The van der Waals surface area contributed by atoms with Crippen molar-refractivity contribution in [1.29, 1.82) is 0 Å². The molecule has 9 aliphatic rings. The summed E-state index contributed by atoms with van der Waals surface area (Å²) in [5.74, 6) is -0.898. The third-order valence-electron chi connectivity index (χ3n) is 21.4. The average Bonchev–Trinajstić information content (AvgIpc) is 3.52.